The van der Waals surface area contributed by atoms with Crippen molar-refractivity contribution in [3.8, 4) is 0 Å². The molecule has 0 saturated heterocycles. The highest BCUT2D eigenvalue weighted by molar-refractivity contribution is 5.66. The number of rotatable bonds is 11. The van der Waals surface area contributed by atoms with Crippen LogP contribution in [0.15, 0.2) is 12.7 Å². The molecule has 0 aromatic rings. The summed E-state index contributed by atoms with van der Waals surface area (Å²) >= 11 is 0. The Labute approximate surface area is 89.6 Å². The van der Waals surface area contributed by atoms with Crippen LogP contribution in [-0.2, 0) is 19.0 Å². The summed E-state index contributed by atoms with van der Waals surface area (Å²) in [6.07, 6.45) is 1.71. The van der Waals surface area contributed by atoms with Gasteiger partial charge in [0.05, 0.1) is 46.1 Å². The van der Waals surface area contributed by atoms with Crippen molar-refractivity contribution < 1.29 is 24.1 Å². The molecule has 0 rings (SSSR count). The van der Waals surface area contributed by atoms with Crippen LogP contribution < -0.4 is 0 Å². The van der Waals surface area contributed by atoms with Gasteiger partial charge in [0.1, 0.15) is 0 Å². The van der Waals surface area contributed by atoms with E-state index >= 15 is 0 Å². The number of hydrogen-bond acceptors (Lipinski definition) is 4. The summed E-state index contributed by atoms with van der Waals surface area (Å²) in [5.74, 6) is -0.853. The van der Waals surface area contributed by atoms with Crippen molar-refractivity contribution in [3.05, 3.63) is 12.7 Å². The van der Waals surface area contributed by atoms with Crippen molar-refractivity contribution in [1.82, 2.24) is 0 Å². The van der Waals surface area contributed by atoms with Crippen LogP contribution in [-0.4, -0.2) is 50.7 Å². The van der Waals surface area contributed by atoms with Gasteiger partial charge >= 0.3 is 5.97 Å². The lowest BCUT2D eigenvalue weighted by molar-refractivity contribution is -0.138. The van der Waals surface area contributed by atoms with Gasteiger partial charge in [-0.05, 0) is 0 Å². The van der Waals surface area contributed by atoms with Crippen molar-refractivity contribution in [2.75, 3.05) is 39.6 Å². The maximum absolute atomic E-state index is 10.1. The highest BCUT2D eigenvalue weighted by Gasteiger charge is 1.95. The zero-order chi connectivity index (χ0) is 11.4. The fraction of sp³-hybridized carbons (Fsp3) is 0.700. The third-order valence-corrected chi connectivity index (χ3v) is 1.44. The van der Waals surface area contributed by atoms with E-state index in [0.29, 0.717) is 33.0 Å². The predicted molar refractivity (Wildman–Crippen MR) is 54.9 cm³/mol. The SMILES string of the molecule is C=CCOCCOCCOCCC(=O)O. The average molecular weight is 218 g/mol. The first-order valence-corrected chi connectivity index (χ1v) is 4.83. The van der Waals surface area contributed by atoms with Crippen molar-refractivity contribution in [3.63, 3.8) is 0 Å². The third kappa shape index (κ3) is 13.1. The van der Waals surface area contributed by atoms with E-state index in [1.807, 2.05) is 0 Å². The molecule has 0 fully saturated rings. The van der Waals surface area contributed by atoms with Crippen molar-refractivity contribution in [2.24, 2.45) is 0 Å². The first-order valence-electron chi connectivity index (χ1n) is 4.83. The molecule has 0 aromatic carbocycles. The monoisotopic (exact) mass is 218 g/mol. The van der Waals surface area contributed by atoms with Crippen molar-refractivity contribution in [1.29, 1.82) is 0 Å². The van der Waals surface area contributed by atoms with E-state index in [-0.39, 0.29) is 13.0 Å². The normalized spacial score (nSPS) is 10.1. The zero-order valence-corrected chi connectivity index (χ0v) is 8.81. The lowest BCUT2D eigenvalue weighted by Crippen LogP contribution is -2.11. The van der Waals surface area contributed by atoms with Gasteiger partial charge in [-0.1, -0.05) is 6.08 Å². The highest BCUT2D eigenvalue weighted by Crippen LogP contribution is 1.84. The van der Waals surface area contributed by atoms with Crippen LogP contribution in [0.3, 0.4) is 0 Å². The van der Waals surface area contributed by atoms with Crippen molar-refractivity contribution >= 4 is 5.97 Å². The summed E-state index contributed by atoms with van der Waals surface area (Å²) in [5.41, 5.74) is 0. The van der Waals surface area contributed by atoms with Crippen LogP contribution >= 0.6 is 0 Å². The molecule has 0 atom stereocenters. The Balaban J connectivity index is 2.92. The second kappa shape index (κ2) is 11.2. The molecule has 0 aliphatic heterocycles. The molecule has 0 spiro atoms. The number of carboxylic acid groups (broad SMARTS) is 1. The van der Waals surface area contributed by atoms with Gasteiger partial charge in [-0.2, -0.15) is 0 Å². The molecule has 0 unspecified atom stereocenters. The van der Waals surface area contributed by atoms with Gasteiger partial charge in [-0.25, -0.2) is 0 Å². The maximum atomic E-state index is 10.1. The second-order valence-electron chi connectivity index (χ2n) is 2.73. The first-order chi connectivity index (χ1) is 7.27. The van der Waals surface area contributed by atoms with Crippen LogP contribution in [0.2, 0.25) is 0 Å². The molecular formula is C10H18O5. The summed E-state index contributed by atoms with van der Waals surface area (Å²) in [6.45, 7) is 6.17. The molecule has 0 aromatic heterocycles. The Morgan fingerprint density at radius 2 is 1.60 bits per heavy atom. The van der Waals surface area contributed by atoms with E-state index in [1.165, 1.54) is 0 Å². The molecule has 1 N–H and O–H groups in total. The van der Waals surface area contributed by atoms with Gasteiger partial charge in [0.2, 0.25) is 0 Å². The number of ether oxygens (including phenoxy) is 3. The predicted octanol–water partition coefficient (Wildman–Crippen LogP) is 0.697. The van der Waals surface area contributed by atoms with Gasteiger partial charge in [0.15, 0.2) is 0 Å². The Morgan fingerprint density at radius 3 is 2.13 bits per heavy atom. The molecule has 15 heavy (non-hydrogen) atoms. The van der Waals surface area contributed by atoms with E-state index in [0.717, 1.165) is 0 Å². The largest absolute Gasteiger partial charge is 0.481 e. The van der Waals surface area contributed by atoms with E-state index < -0.39 is 5.97 Å². The summed E-state index contributed by atoms with van der Waals surface area (Å²) in [6, 6.07) is 0. The summed E-state index contributed by atoms with van der Waals surface area (Å²) in [7, 11) is 0. The third-order valence-electron chi connectivity index (χ3n) is 1.44. The fourth-order valence-electron chi connectivity index (χ4n) is 0.766. The maximum Gasteiger partial charge on any atom is 0.305 e. The standard InChI is InChI=1S/C10H18O5/c1-2-4-13-6-8-15-9-7-14-5-3-10(11)12/h2H,1,3-9H2,(H,11,12). The Bertz CT molecular complexity index is 169. The number of carboxylic acids is 1. The Kier molecular flexibility index (Phi) is 10.5. The molecule has 88 valence electrons. The van der Waals surface area contributed by atoms with E-state index in [2.05, 4.69) is 6.58 Å². The number of hydrogen-bond donors (Lipinski definition) is 1. The first kappa shape index (κ1) is 14.1. The molecule has 0 amide bonds. The second-order valence-corrected chi connectivity index (χ2v) is 2.73. The van der Waals surface area contributed by atoms with Crippen LogP contribution in [0.5, 0.6) is 0 Å². The molecule has 0 aliphatic carbocycles. The average Bonchev–Trinajstić information content (AvgIpc) is 2.20. The summed E-state index contributed by atoms with van der Waals surface area (Å²) in [4.78, 5) is 10.1. The van der Waals surface area contributed by atoms with Crippen LogP contribution in [0.1, 0.15) is 6.42 Å². The van der Waals surface area contributed by atoms with Gasteiger partial charge in [0.25, 0.3) is 0 Å². The summed E-state index contributed by atoms with van der Waals surface area (Å²) < 4.78 is 15.2. The van der Waals surface area contributed by atoms with Gasteiger partial charge in [-0.15, -0.1) is 6.58 Å². The zero-order valence-electron chi connectivity index (χ0n) is 8.81. The van der Waals surface area contributed by atoms with Crippen LogP contribution in [0.25, 0.3) is 0 Å². The number of aliphatic carboxylic acids is 1. The van der Waals surface area contributed by atoms with E-state index in [1.54, 1.807) is 6.08 Å². The summed E-state index contributed by atoms with van der Waals surface area (Å²) in [5, 5.41) is 8.30. The molecule has 0 heterocycles. The number of carbonyl (C=O) groups is 1. The fourth-order valence-corrected chi connectivity index (χ4v) is 0.766. The van der Waals surface area contributed by atoms with E-state index in [4.69, 9.17) is 19.3 Å². The smallest absolute Gasteiger partial charge is 0.305 e. The molecule has 5 heteroatoms. The van der Waals surface area contributed by atoms with Crippen molar-refractivity contribution in [2.45, 2.75) is 6.42 Å². The Morgan fingerprint density at radius 1 is 1.07 bits per heavy atom. The topological polar surface area (TPSA) is 65.0 Å². The van der Waals surface area contributed by atoms with Gasteiger partial charge in [0, 0.05) is 0 Å². The van der Waals surface area contributed by atoms with Crippen LogP contribution in [0, 0.1) is 0 Å². The highest BCUT2D eigenvalue weighted by atomic mass is 16.5. The van der Waals surface area contributed by atoms with Gasteiger partial charge < -0.3 is 19.3 Å². The quantitative estimate of drug-likeness (QED) is 0.408. The molecule has 0 aliphatic rings. The van der Waals surface area contributed by atoms with Gasteiger partial charge in [-0.3, -0.25) is 4.79 Å². The molecule has 0 saturated carbocycles. The lowest BCUT2D eigenvalue weighted by Gasteiger charge is -2.04. The molecular weight excluding hydrogens is 200 g/mol. The van der Waals surface area contributed by atoms with Crippen LogP contribution in [0.4, 0.5) is 0 Å². The molecule has 0 radical (unpaired) electrons. The van der Waals surface area contributed by atoms with E-state index in [9.17, 15) is 4.79 Å². The minimum Gasteiger partial charge on any atom is -0.481 e. The molecule has 0 bridgehead atoms. The molecule has 5 nitrogen and oxygen atoms in total. The minimum atomic E-state index is -0.853. The Hall–Kier alpha value is -0.910. The minimum absolute atomic E-state index is 0.0302. The lowest BCUT2D eigenvalue weighted by atomic mass is 10.5.